The molecule has 0 bridgehead atoms. The van der Waals surface area contributed by atoms with Gasteiger partial charge in [0.05, 0.1) is 11.6 Å². The molecule has 0 saturated carbocycles. The molecule has 5 heteroatoms. The first-order chi connectivity index (χ1) is 5.65. The predicted octanol–water partition coefficient (Wildman–Crippen LogP) is 0.612. The van der Waals surface area contributed by atoms with Crippen LogP contribution in [0.2, 0.25) is 0 Å². The third-order valence-corrected chi connectivity index (χ3v) is 2.49. The molecule has 0 aliphatic heterocycles. The van der Waals surface area contributed by atoms with Crippen molar-refractivity contribution < 1.29 is 15.0 Å². The molecule has 0 spiro atoms. The van der Waals surface area contributed by atoms with Crippen molar-refractivity contribution in [2.24, 2.45) is 0 Å². The largest absolute Gasteiger partial charge is 0.481 e. The van der Waals surface area contributed by atoms with E-state index in [4.69, 9.17) is 10.2 Å². The summed E-state index contributed by atoms with van der Waals surface area (Å²) in [6.07, 6.45) is 1.50. The van der Waals surface area contributed by atoms with E-state index in [1.807, 2.05) is 0 Å². The van der Waals surface area contributed by atoms with Crippen molar-refractivity contribution >= 4 is 17.3 Å². The monoisotopic (exact) mass is 187 g/mol. The number of aliphatic carboxylic acids is 1. The molecule has 0 saturated heterocycles. The lowest BCUT2D eigenvalue weighted by Gasteiger charge is -2.03. The fraction of sp³-hybridized carbons (Fsp3) is 0.429. The van der Waals surface area contributed by atoms with Crippen molar-refractivity contribution in [2.45, 2.75) is 12.8 Å². The fourth-order valence-electron chi connectivity index (χ4n) is 0.829. The molecule has 0 aromatic carbocycles. The van der Waals surface area contributed by atoms with E-state index in [0.717, 1.165) is 5.01 Å². The number of carboxylic acid groups (broad SMARTS) is 1. The Labute approximate surface area is 73.5 Å². The third-order valence-electron chi connectivity index (χ3n) is 1.46. The highest BCUT2D eigenvalue weighted by molar-refractivity contribution is 7.11. The number of aryl methyl sites for hydroxylation is 1. The number of carbonyl (C=O) groups is 1. The molecule has 66 valence electrons. The van der Waals surface area contributed by atoms with Crippen molar-refractivity contribution in [3.05, 3.63) is 16.1 Å². The summed E-state index contributed by atoms with van der Waals surface area (Å²) in [7, 11) is 0. The predicted molar refractivity (Wildman–Crippen MR) is 44.3 cm³/mol. The van der Waals surface area contributed by atoms with Gasteiger partial charge < -0.3 is 10.2 Å². The molecule has 12 heavy (non-hydrogen) atoms. The molecule has 2 N–H and O–H groups in total. The van der Waals surface area contributed by atoms with Crippen molar-refractivity contribution in [3.63, 3.8) is 0 Å². The molecule has 1 heterocycles. The van der Waals surface area contributed by atoms with E-state index >= 15 is 0 Å². The van der Waals surface area contributed by atoms with Crippen molar-refractivity contribution in [1.82, 2.24) is 4.98 Å². The number of rotatable bonds is 3. The summed E-state index contributed by atoms with van der Waals surface area (Å²) in [6, 6.07) is 0. The van der Waals surface area contributed by atoms with Crippen LogP contribution in [0.1, 0.15) is 15.8 Å². The van der Waals surface area contributed by atoms with Crippen LogP contribution in [0, 0.1) is 6.92 Å². The number of aliphatic hydroxyl groups is 1. The van der Waals surface area contributed by atoms with E-state index in [-0.39, 0.29) is 6.61 Å². The van der Waals surface area contributed by atoms with E-state index in [1.54, 1.807) is 6.92 Å². The minimum Gasteiger partial charge on any atom is -0.481 e. The van der Waals surface area contributed by atoms with Gasteiger partial charge in [0.15, 0.2) is 0 Å². The van der Waals surface area contributed by atoms with E-state index in [0.29, 0.717) is 4.88 Å². The summed E-state index contributed by atoms with van der Waals surface area (Å²) in [5, 5.41) is 18.2. The van der Waals surface area contributed by atoms with Crippen LogP contribution in [-0.2, 0) is 4.79 Å². The second-order valence-electron chi connectivity index (χ2n) is 2.36. The van der Waals surface area contributed by atoms with Gasteiger partial charge in [-0.15, -0.1) is 11.3 Å². The highest BCUT2D eigenvalue weighted by Crippen LogP contribution is 2.21. The Morgan fingerprint density at radius 1 is 1.83 bits per heavy atom. The van der Waals surface area contributed by atoms with Gasteiger partial charge in [0.2, 0.25) is 0 Å². The normalized spacial score (nSPS) is 12.8. The third kappa shape index (κ3) is 1.80. The number of aliphatic hydroxyl groups excluding tert-OH is 1. The van der Waals surface area contributed by atoms with E-state index in [2.05, 4.69) is 4.98 Å². The lowest BCUT2D eigenvalue weighted by Crippen LogP contribution is -2.13. The van der Waals surface area contributed by atoms with Crippen LogP contribution >= 0.6 is 11.3 Å². The zero-order chi connectivity index (χ0) is 9.14. The zero-order valence-corrected chi connectivity index (χ0v) is 7.34. The molecule has 1 aromatic rings. The fourth-order valence-corrected chi connectivity index (χ4v) is 1.70. The minimum atomic E-state index is -1.01. The lowest BCUT2D eigenvalue weighted by atomic mass is 10.1. The van der Waals surface area contributed by atoms with Gasteiger partial charge in [0.25, 0.3) is 0 Å². The van der Waals surface area contributed by atoms with Crippen LogP contribution in [0.25, 0.3) is 0 Å². The highest BCUT2D eigenvalue weighted by atomic mass is 32.1. The standard InChI is InChI=1S/C7H9NO3S/c1-4-8-2-6(12-4)5(3-9)7(10)11/h2,5,9H,3H2,1H3,(H,10,11). The Bertz CT molecular complexity index is 284. The Morgan fingerprint density at radius 3 is 2.83 bits per heavy atom. The van der Waals surface area contributed by atoms with Crippen LogP contribution in [-0.4, -0.2) is 27.8 Å². The number of hydrogen-bond acceptors (Lipinski definition) is 4. The molecule has 1 atom stereocenters. The maximum Gasteiger partial charge on any atom is 0.314 e. The SMILES string of the molecule is Cc1ncc(C(CO)C(=O)O)s1. The van der Waals surface area contributed by atoms with Gasteiger partial charge in [-0.2, -0.15) is 0 Å². The smallest absolute Gasteiger partial charge is 0.314 e. The highest BCUT2D eigenvalue weighted by Gasteiger charge is 2.20. The summed E-state index contributed by atoms with van der Waals surface area (Å²) in [5.74, 6) is -1.84. The van der Waals surface area contributed by atoms with Gasteiger partial charge in [-0.25, -0.2) is 4.98 Å². The van der Waals surface area contributed by atoms with Gasteiger partial charge in [-0.3, -0.25) is 4.79 Å². The second kappa shape index (κ2) is 3.64. The van der Waals surface area contributed by atoms with Crippen LogP contribution < -0.4 is 0 Å². The minimum absolute atomic E-state index is 0.378. The molecule has 1 unspecified atom stereocenters. The average Bonchev–Trinajstić information content (AvgIpc) is 2.37. The molecule has 0 radical (unpaired) electrons. The molecule has 1 aromatic heterocycles. The van der Waals surface area contributed by atoms with Crippen molar-refractivity contribution in [3.8, 4) is 0 Å². The number of aromatic nitrogens is 1. The number of hydrogen-bond donors (Lipinski definition) is 2. The van der Waals surface area contributed by atoms with E-state index in [9.17, 15) is 4.79 Å². The first-order valence-corrected chi connectivity index (χ1v) is 4.22. The molecule has 1 rings (SSSR count). The maximum atomic E-state index is 10.6. The summed E-state index contributed by atoms with van der Waals surface area (Å²) < 4.78 is 0. The van der Waals surface area contributed by atoms with Crippen molar-refractivity contribution in [1.29, 1.82) is 0 Å². The van der Waals surface area contributed by atoms with E-state index in [1.165, 1.54) is 17.5 Å². The number of carboxylic acids is 1. The van der Waals surface area contributed by atoms with Gasteiger partial charge in [0, 0.05) is 11.1 Å². The Balaban J connectivity index is 2.87. The molecule has 0 amide bonds. The number of thiazole rings is 1. The molecule has 0 fully saturated rings. The Morgan fingerprint density at radius 2 is 2.50 bits per heavy atom. The second-order valence-corrected chi connectivity index (χ2v) is 3.62. The van der Waals surface area contributed by atoms with Crippen LogP contribution in [0.4, 0.5) is 0 Å². The molecule has 4 nitrogen and oxygen atoms in total. The average molecular weight is 187 g/mol. The molecule has 0 aliphatic rings. The summed E-state index contributed by atoms with van der Waals surface area (Å²) >= 11 is 1.30. The summed E-state index contributed by atoms with van der Waals surface area (Å²) in [6.45, 7) is 1.42. The Kier molecular flexibility index (Phi) is 2.78. The molecular weight excluding hydrogens is 178 g/mol. The van der Waals surface area contributed by atoms with Gasteiger partial charge >= 0.3 is 5.97 Å². The summed E-state index contributed by atoms with van der Waals surface area (Å²) in [5.41, 5.74) is 0. The maximum absolute atomic E-state index is 10.6. The molecular formula is C7H9NO3S. The van der Waals surface area contributed by atoms with E-state index < -0.39 is 11.9 Å². The lowest BCUT2D eigenvalue weighted by molar-refractivity contribution is -0.139. The summed E-state index contributed by atoms with van der Waals surface area (Å²) in [4.78, 5) is 15.1. The van der Waals surface area contributed by atoms with Gasteiger partial charge in [0.1, 0.15) is 5.92 Å². The van der Waals surface area contributed by atoms with Crippen LogP contribution in [0.15, 0.2) is 6.20 Å². The first kappa shape index (κ1) is 9.15. The van der Waals surface area contributed by atoms with Crippen LogP contribution in [0.3, 0.4) is 0 Å². The Hall–Kier alpha value is -0.940. The topological polar surface area (TPSA) is 70.4 Å². The van der Waals surface area contributed by atoms with Gasteiger partial charge in [-0.1, -0.05) is 0 Å². The quantitative estimate of drug-likeness (QED) is 0.727. The van der Waals surface area contributed by atoms with Gasteiger partial charge in [-0.05, 0) is 6.92 Å². The number of nitrogens with zero attached hydrogens (tertiary/aromatic N) is 1. The van der Waals surface area contributed by atoms with Crippen LogP contribution in [0.5, 0.6) is 0 Å². The molecule has 0 aliphatic carbocycles. The van der Waals surface area contributed by atoms with Crippen molar-refractivity contribution in [2.75, 3.05) is 6.61 Å². The first-order valence-electron chi connectivity index (χ1n) is 3.41. The zero-order valence-electron chi connectivity index (χ0n) is 6.52.